The molecule has 1 amide bonds. The molecule has 3 aromatic carbocycles. The van der Waals surface area contributed by atoms with E-state index in [1.54, 1.807) is 12.3 Å². The number of nitrogen functional groups attached to an aromatic ring is 1. The SMILES string of the molecule is Nc1nc(-c2ccc(N/C(=C3\C(=O)Nc4ccc([N+](=O)[O-])cc43)c3ccccc3)cc2)c[nH]1. The second-order valence-electron chi connectivity index (χ2n) is 7.43. The van der Waals surface area contributed by atoms with Crippen LogP contribution in [-0.4, -0.2) is 20.8 Å². The van der Waals surface area contributed by atoms with Crippen LogP contribution >= 0.6 is 0 Å². The predicted octanol–water partition coefficient (Wildman–Crippen LogP) is 4.50. The van der Waals surface area contributed by atoms with E-state index in [0.717, 1.165) is 22.5 Å². The van der Waals surface area contributed by atoms with E-state index >= 15 is 0 Å². The molecule has 0 unspecified atom stereocenters. The van der Waals surface area contributed by atoms with Gasteiger partial charge in [0.15, 0.2) is 5.95 Å². The van der Waals surface area contributed by atoms with Gasteiger partial charge in [0.2, 0.25) is 0 Å². The van der Waals surface area contributed by atoms with E-state index in [4.69, 9.17) is 5.73 Å². The van der Waals surface area contributed by atoms with Crippen LogP contribution in [0.15, 0.2) is 79.0 Å². The molecule has 9 heteroatoms. The Balaban J connectivity index is 1.60. The number of amides is 1. The predicted molar refractivity (Wildman–Crippen MR) is 127 cm³/mol. The first-order valence-corrected chi connectivity index (χ1v) is 10.1. The molecule has 0 atom stereocenters. The summed E-state index contributed by atoms with van der Waals surface area (Å²) in [5, 5.41) is 17.5. The largest absolute Gasteiger partial charge is 0.369 e. The molecular weight excluding hydrogens is 420 g/mol. The first-order valence-electron chi connectivity index (χ1n) is 10.1. The minimum atomic E-state index is -0.475. The fourth-order valence-corrected chi connectivity index (χ4v) is 3.75. The lowest BCUT2D eigenvalue weighted by molar-refractivity contribution is -0.384. The van der Waals surface area contributed by atoms with Gasteiger partial charge in [0.25, 0.3) is 11.6 Å². The van der Waals surface area contributed by atoms with Crippen LogP contribution in [0.5, 0.6) is 0 Å². The fraction of sp³-hybridized carbons (Fsp3) is 0. The molecule has 0 aliphatic carbocycles. The summed E-state index contributed by atoms with van der Waals surface area (Å²) < 4.78 is 0. The second kappa shape index (κ2) is 7.97. The Morgan fingerprint density at radius 2 is 1.79 bits per heavy atom. The summed E-state index contributed by atoms with van der Waals surface area (Å²) in [4.78, 5) is 30.9. The minimum absolute atomic E-state index is 0.0854. The van der Waals surface area contributed by atoms with Crippen LogP contribution in [0.3, 0.4) is 0 Å². The van der Waals surface area contributed by atoms with E-state index in [2.05, 4.69) is 20.6 Å². The number of aromatic nitrogens is 2. The molecule has 0 fully saturated rings. The molecule has 33 heavy (non-hydrogen) atoms. The van der Waals surface area contributed by atoms with Crippen molar-refractivity contribution in [2.24, 2.45) is 0 Å². The van der Waals surface area contributed by atoms with Gasteiger partial charge in [0.1, 0.15) is 0 Å². The van der Waals surface area contributed by atoms with Crippen molar-refractivity contribution >= 4 is 40.2 Å². The molecule has 4 aromatic rings. The van der Waals surface area contributed by atoms with Crippen molar-refractivity contribution in [1.82, 2.24) is 9.97 Å². The number of benzene rings is 3. The zero-order chi connectivity index (χ0) is 22.9. The van der Waals surface area contributed by atoms with Crippen LogP contribution in [0.2, 0.25) is 0 Å². The van der Waals surface area contributed by atoms with E-state index in [1.165, 1.54) is 12.1 Å². The maximum Gasteiger partial charge on any atom is 0.270 e. The fourth-order valence-electron chi connectivity index (χ4n) is 3.75. The molecule has 1 aliphatic heterocycles. The van der Waals surface area contributed by atoms with Crippen molar-refractivity contribution in [1.29, 1.82) is 0 Å². The molecule has 2 heterocycles. The standard InChI is InChI=1S/C24H18N6O3/c25-24-26-13-20(29-24)14-6-8-16(9-7-14)27-22(15-4-2-1-3-5-15)21-18-12-17(30(32)33)10-11-19(18)28-23(21)31/h1-13,27H,(H,28,31)(H3,25,26,29)/b22-21-. The van der Waals surface area contributed by atoms with Gasteiger partial charge in [-0.2, -0.15) is 0 Å². The van der Waals surface area contributed by atoms with E-state index < -0.39 is 4.92 Å². The molecule has 9 nitrogen and oxygen atoms in total. The lowest BCUT2D eigenvalue weighted by atomic mass is 9.99. The van der Waals surface area contributed by atoms with Crippen LogP contribution < -0.4 is 16.4 Å². The number of carbonyl (C=O) groups excluding carboxylic acids is 1. The quantitative estimate of drug-likeness (QED) is 0.206. The molecule has 0 saturated carbocycles. The molecule has 1 aromatic heterocycles. The summed E-state index contributed by atoms with van der Waals surface area (Å²) in [7, 11) is 0. The second-order valence-corrected chi connectivity index (χ2v) is 7.43. The lowest BCUT2D eigenvalue weighted by Crippen LogP contribution is -2.10. The van der Waals surface area contributed by atoms with Gasteiger partial charge in [-0.1, -0.05) is 42.5 Å². The molecule has 0 spiro atoms. The number of H-pyrrole nitrogens is 1. The molecular formula is C24H18N6O3. The van der Waals surface area contributed by atoms with Crippen LogP contribution in [0, 0.1) is 10.1 Å². The van der Waals surface area contributed by atoms with Gasteiger partial charge in [0.05, 0.1) is 21.9 Å². The van der Waals surface area contributed by atoms with E-state index in [9.17, 15) is 14.9 Å². The summed E-state index contributed by atoms with van der Waals surface area (Å²) in [5.74, 6) is 0.00349. The Morgan fingerprint density at radius 1 is 1.03 bits per heavy atom. The highest BCUT2D eigenvalue weighted by Crippen LogP contribution is 2.39. The summed E-state index contributed by atoms with van der Waals surface area (Å²) in [6, 6.07) is 21.2. The zero-order valence-corrected chi connectivity index (χ0v) is 17.2. The third kappa shape index (κ3) is 3.79. The number of anilines is 3. The molecule has 1 aliphatic rings. The Morgan fingerprint density at radius 3 is 2.45 bits per heavy atom. The van der Waals surface area contributed by atoms with Crippen molar-refractivity contribution in [3.8, 4) is 11.3 Å². The Kier molecular flexibility index (Phi) is 4.83. The average molecular weight is 438 g/mol. The number of hydrogen-bond acceptors (Lipinski definition) is 6. The number of aromatic amines is 1. The van der Waals surface area contributed by atoms with Crippen LogP contribution in [0.1, 0.15) is 11.1 Å². The van der Waals surface area contributed by atoms with Crippen LogP contribution in [-0.2, 0) is 4.79 Å². The molecule has 0 radical (unpaired) electrons. The highest BCUT2D eigenvalue weighted by molar-refractivity contribution is 6.37. The summed E-state index contributed by atoms with van der Waals surface area (Å²) in [5.41, 5.74) is 10.6. The van der Waals surface area contributed by atoms with Gasteiger partial charge in [-0.25, -0.2) is 4.98 Å². The number of rotatable bonds is 5. The van der Waals surface area contributed by atoms with Gasteiger partial charge in [-0.15, -0.1) is 0 Å². The molecule has 5 rings (SSSR count). The topological polar surface area (TPSA) is 139 Å². The van der Waals surface area contributed by atoms with Crippen molar-refractivity contribution < 1.29 is 9.72 Å². The first kappa shape index (κ1) is 20.0. The third-order valence-electron chi connectivity index (χ3n) is 5.32. The van der Waals surface area contributed by atoms with Crippen molar-refractivity contribution in [2.45, 2.75) is 0 Å². The molecule has 0 saturated heterocycles. The van der Waals surface area contributed by atoms with Gasteiger partial charge < -0.3 is 21.4 Å². The maximum atomic E-state index is 13.0. The lowest BCUT2D eigenvalue weighted by Gasteiger charge is -2.15. The van der Waals surface area contributed by atoms with Crippen molar-refractivity contribution in [3.63, 3.8) is 0 Å². The third-order valence-corrected chi connectivity index (χ3v) is 5.32. The highest BCUT2D eigenvalue weighted by atomic mass is 16.6. The normalized spacial score (nSPS) is 13.9. The average Bonchev–Trinajstić information content (AvgIpc) is 3.40. The van der Waals surface area contributed by atoms with Gasteiger partial charge in [-0.05, 0) is 23.8 Å². The zero-order valence-electron chi connectivity index (χ0n) is 17.2. The summed E-state index contributed by atoms with van der Waals surface area (Å²) >= 11 is 0. The van der Waals surface area contributed by atoms with Crippen molar-refractivity contribution in [2.75, 3.05) is 16.4 Å². The molecule has 0 bridgehead atoms. The first-order chi connectivity index (χ1) is 16.0. The molecule has 5 N–H and O–H groups in total. The minimum Gasteiger partial charge on any atom is -0.369 e. The van der Waals surface area contributed by atoms with Gasteiger partial charge >= 0.3 is 0 Å². The van der Waals surface area contributed by atoms with Crippen molar-refractivity contribution in [3.05, 3.63) is 100 Å². The monoisotopic (exact) mass is 438 g/mol. The number of non-ortho nitro benzene ring substituents is 1. The number of nitrogens with zero attached hydrogens (tertiary/aromatic N) is 2. The van der Waals surface area contributed by atoms with E-state index in [1.807, 2.05) is 54.6 Å². The Bertz CT molecular complexity index is 1410. The highest BCUT2D eigenvalue weighted by Gasteiger charge is 2.30. The van der Waals surface area contributed by atoms with E-state index in [-0.39, 0.29) is 11.6 Å². The molecule has 162 valence electrons. The maximum absolute atomic E-state index is 13.0. The number of fused-ring (bicyclic) bond motifs is 1. The summed E-state index contributed by atoms with van der Waals surface area (Å²) in [6.45, 7) is 0. The Labute approximate surface area is 188 Å². The van der Waals surface area contributed by atoms with Gasteiger partial charge in [-0.3, -0.25) is 14.9 Å². The number of nitro benzene ring substituents is 1. The Hall–Kier alpha value is -4.92. The number of carbonyl (C=O) groups is 1. The van der Waals surface area contributed by atoms with Crippen LogP contribution in [0.4, 0.5) is 23.0 Å². The summed E-state index contributed by atoms with van der Waals surface area (Å²) in [6.07, 6.45) is 1.72. The number of nitro groups is 1. The number of nitrogens with two attached hydrogens (primary N) is 1. The van der Waals surface area contributed by atoms with E-state index in [0.29, 0.717) is 28.5 Å². The number of hydrogen-bond donors (Lipinski definition) is 4. The van der Waals surface area contributed by atoms with Gasteiger partial charge in [0, 0.05) is 40.8 Å². The number of imidazole rings is 1. The van der Waals surface area contributed by atoms with Crippen LogP contribution in [0.25, 0.3) is 22.5 Å². The number of nitrogens with one attached hydrogen (secondary N) is 3. The smallest absolute Gasteiger partial charge is 0.270 e.